The number of carbonyl (C=O) groups is 2. The van der Waals surface area contributed by atoms with E-state index in [1.54, 1.807) is 0 Å². The van der Waals surface area contributed by atoms with Crippen molar-refractivity contribution in [3.05, 3.63) is 29.3 Å². The number of hydrogen-bond acceptors (Lipinski definition) is 5. The number of carboxylic acids is 2. The van der Waals surface area contributed by atoms with Gasteiger partial charge in [0.05, 0.1) is 5.56 Å². The lowest BCUT2D eigenvalue weighted by molar-refractivity contribution is -0.153. The zero-order valence-corrected chi connectivity index (χ0v) is 8.57. The zero-order valence-electron chi connectivity index (χ0n) is 8.57. The normalized spacial score (nSPS) is 14.0. The predicted octanol–water partition coefficient (Wildman–Crippen LogP) is -0.554. The Morgan fingerprint density at radius 3 is 2.24 bits per heavy atom. The van der Waals surface area contributed by atoms with E-state index >= 15 is 0 Å². The van der Waals surface area contributed by atoms with Crippen LogP contribution in [0.25, 0.3) is 0 Å². The van der Waals surface area contributed by atoms with Crippen LogP contribution in [0.3, 0.4) is 0 Å². The summed E-state index contributed by atoms with van der Waals surface area (Å²) in [5.74, 6) is -2.87. The average Bonchev–Trinajstić information content (AvgIpc) is 2.27. The number of benzene rings is 1. The van der Waals surface area contributed by atoms with Crippen LogP contribution in [0.2, 0.25) is 0 Å². The second-order valence-corrected chi connectivity index (χ2v) is 3.38. The molecule has 0 saturated carbocycles. The maximum atomic E-state index is 10.7. The second kappa shape index (κ2) is 4.81. The van der Waals surface area contributed by atoms with E-state index < -0.39 is 24.1 Å². The Morgan fingerprint density at radius 1 is 1.18 bits per heavy atom. The number of rotatable bonds is 4. The maximum Gasteiger partial charge on any atom is 0.335 e. The number of nitrogens with two attached hydrogens (primary N) is 1. The van der Waals surface area contributed by atoms with Crippen molar-refractivity contribution in [2.45, 2.75) is 12.2 Å². The minimum absolute atomic E-state index is 0.00259. The van der Waals surface area contributed by atoms with Gasteiger partial charge in [0.15, 0.2) is 6.10 Å². The SMILES string of the molecule is Nc1ccc(C(=O)O)cc1C(O)C(O)C(=O)O. The van der Waals surface area contributed by atoms with Crippen LogP contribution in [-0.4, -0.2) is 38.5 Å². The fourth-order valence-electron chi connectivity index (χ4n) is 1.27. The first-order valence-corrected chi connectivity index (χ1v) is 4.56. The van der Waals surface area contributed by atoms with Gasteiger partial charge in [-0.2, -0.15) is 0 Å². The Labute approximate surface area is 95.7 Å². The molecule has 17 heavy (non-hydrogen) atoms. The van der Waals surface area contributed by atoms with E-state index in [2.05, 4.69) is 0 Å². The average molecular weight is 241 g/mol. The first-order valence-electron chi connectivity index (χ1n) is 4.56. The zero-order chi connectivity index (χ0) is 13.2. The topological polar surface area (TPSA) is 141 Å². The molecule has 0 fully saturated rings. The molecule has 0 aliphatic rings. The van der Waals surface area contributed by atoms with E-state index in [1.165, 1.54) is 12.1 Å². The van der Waals surface area contributed by atoms with Gasteiger partial charge >= 0.3 is 11.9 Å². The number of nitrogen functional groups attached to an aromatic ring is 1. The number of aromatic carboxylic acids is 1. The highest BCUT2D eigenvalue weighted by atomic mass is 16.4. The largest absolute Gasteiger partial charge is 0.479 e. The molecule has 6 N–H and O–H groups in total. The van der Waals surface area contributed by atoms with Gasteiger partial charge in [-0.3, -0.25) is 0 Å². The molecule has 0 aromatic heterocycles. The summed E-state index contributed by atoms with van der Waals surface area (Å²) in [6.45, 7) is 0. The molecule has 2 unspecified atom stereocenters. The van der Waals surface area contributed by atoms with Gasteiger partial charge in [0.2, 0.25) is 0 Å². The first kappa shape index (κ1) is 12.9. The van der Waals surface area contributed by atoms with Crippen molar-refractivity contribution in [2.75, 3.05) is 5.73 Å². The monoisotopic (exact) mass is 241 g/mol. The number of hydrogen-bond donors (Lipinski definition) is 5. The van der Waals surface area contributed by atoms with Crippen LogP contribution in [-0.2, 0) is 4.79 Å². The third-order valence-corrected chi connectivity index (χ3v) is 2.20. The molecule has 0 amide bonds. The van der Waals surface area contributed by atoms with Gasteiger partial charge in [-0.05, 0) is 18.2 Å². The highest BCUT2D eigenvalue weighted by Gasteiger charge is 2.27. The van der Waals surface area contributed by atoms with Crippen molar-refractivity contribution in [1.82, 2.24) is 0 Å². The third kappa shape index (κ3) is 2.71. The highest BCUT2D eigenvalue weighted by molar-refractivity contribution is 5.88. The van der Waals surface area contributed by atoms with Gasteiger partial charge in [0.1, 0.15) is 6.10 Å². The predicted molar refractivity (Wildman–Crippen MR) is 56.4 cm³/mol. The molecule has 0 aliphatic heterocycles. The summed E-state index contributed by atoms with van der Waals surface area (Å²) in [5, 5.41) is 35.9. The molecule has 0 aliphatic carbocycles. The molecule has 1 rings (SSSR count). The molecule has 1 aromatic rings. The van der Waals surface area contributed by atoms with E-state index in [4.69, 9.17) is 21.1 Å². The van der Waals surface area contributed by atoms with Crippen molar-refractivity contribution in [2.24, 2.45) is 0 Å². The summed E-state index contributed by atoms with van der Waals surface area (Å²) in [6, 6.07) is 3.45. The Morgan fingerprint density at radius 2 is 1.76 bits per heavy atom. The van der Waals surface area contributed by atoms with E-state index in [-0.39, 0.29) is 16.8 Å². The lowest BCUT2D eigenvalue weighted by atomic mass is 10.00. The van der Waals surface area contributed by atoms with Crippen LogP contribution in [0.1, 0.15) is 22.0 Å². The van der Waals surface area contributed by atoms with Crippen molar-refractivity contribution in [1.29, 1.82) is 0 Å². The van der Waals surface area contributed by atoms with Gasteiger partial charge in [0.25, 0.3) is 0 Å². The Hall–Kier alpha value is -2.12. The molecule has 0 heterocycles. The summed E-state index contributed by atoms with van der Waals surface area (Å²) in [4.78, 5) is 21.2. The molecule has 0 bridgehead atoms. The first-order chi connectivity index (χ1) is 7.84. The van der Waals surface area contributed by atoms with Crippen molar-refractivity contribution in [3.8, 4) is 0 Å². The van der Waals surface area contributed by atoms with Crippen molar-refractivity contribution in [3.63, 3.8) is 0 Å². The molecule has 7 nitrogen and oxygen atoms in total. The summed E-state index contributed by atoms with van der Waals surface area (Å²) in [6.07, 6.45) is -3.85. The smallest absolute Gasteiger partial charge is 0.335 e. The summed E-state index contributed by atoms with van der Waals surface area (Å²) < 4.78 is 0. The molecule has 7 heteroatoms. The number of aliphatic hydroxyl groups excluding tert-OH is 2. The second-order valence-electron chi connectivity index (χ2n) is 3.38. The minimum Gasteiger partial charge on any atom is -0.479 e. The van der Waals surface area contributed by atoms with Gasteiger partial charge in [-0.15, -0.1) is 0 Å². The van der Waals surface area contributed by atoms with Crippen LogP contribution in [0.5, 0.6) is 0 Å². The van der Waals surface area contributed by atoms with Crippen LogP contribution in [0.15, 0.2) is 18.2 Å². The van der Waals surface area contributed by atoms with Crippen LogP contribution >= 0.6 is 0 Å². The third-order valence-electron chi connectivity index (χ3n) is 2.20. The standard InChI is InChI=1S/C10H11NO6/c11-6-2-1-4(9(14)15)3-5(6)7(12)8(13)10(16)17/h1-3,7-8,12-13H,11H2,(H,14,15)(H,16,17). The lowest BCUT2D eigenvalue weighted by Gasteiger charge is -2.16. The Bertz CT molecular complexity index is 458. The van der Waals surface area contributed by atoms with Crippen LogP contribution in [0, 0.1) is 0 Å². The van der Waals surface area contributed by atoms with Crippen LogP contribution < -0.4 is 5.73 Å². The number of aliphatic carboxylic acids is 1. The quantitative estimate of drug-likeness (QED) is 0.445. The van der Waals surface area contributed by atoms with Crippen molar-refractivity contribution >= 4 is 17.6 Å². The number of anilines is 1. The van der Waals surface area contributed by atoms with E-state index in [0.29, 0.717) is 0 Å². The van der Waals surface area contributed by atoms with E-state index in [9.17, 15) is 14.7 Å². The van der Waals surface area contributed by atoms with E-state index in [1.807, 2.05) is 0 Å². The minimum atomic E-state index is -2.07. The molecule has 92 valence electrons. The fraction of sp³-hybridized carbons (Fsp3) is 0.200. The molecule has 0 saturated heterocycles. The van der Waals surface area contributed by atoms with Gasteiger partial charge < -0.3 is 26.2 Å². The maximum absolute atomic E-state index is 10.7. The lowest BCUT2D eigenvalue weighted by Crippen LogP contribution is -2.28. The van der Waals surface area contributed by atoms with Gasteiger partial charge in [-0.1, -0.05) is 0 Å². The summed E-state index contributed by atoms with van der Waals surface area (Å²) >= 11 is 0. The van der Waals surface area contributed by atoms with Gasteiger partial charge in [-0.25, -0.2) is 9.59 Å². The van der Waals surface area contributed by atoms with Crippen molar-refractivity contribution < 1.29 is 30.0 Å². The Kier molecular flexibility index (Phi) is 3.66. The fourth-order valence-corrected chi connectivity index (χ4v) is 1.27. The summed E-state index contributed by atoms with van der Waals surface area (Å²) in [7, 11) is 0. The highest BCUT2D eigenvalue weighted by Crippen LogP contribution is 2.24. The van der Waals surface area contributed by atoms with Crippen LogP contribution in [0.4, 0.5) is 5.69 Å². The molecule has 1 aromatic carbocycles. The summed E-state index contributed by atoms with van der Waals surface area (Å²) in [5.41, 5.74) is 5.17. The number of aliphatic hydroxyl groups is 2. The molecule has 2 atom stereocenters. The molecule has 0 spiro atoms. The van der Waals surface area contributed by atoms with Gasteiger partial charge in [0, 0.05) is 11.3 Å². The Balaban J connectivity index is 3.16. The number of carboxylic acid groups (broad SMARTS) is 2. The molecule has 0 radical (unpaired) electrons. The molecular formula is C10H11NO6. The van der Waals surface area contributed by atoms with E-state index in [0.717, 1.165) is 6.07 Å². The molecular weight excluding hydrogens is 230 g/mol.